The smallest absolute Gasteiger partial charge is 0.251 e. The quantitative estimate of drug-likeness (QED) is 0.804. The molecule has 1 amide bonds. The summed E-state index contributed by atoms with van der Waals surface area (Å²) in [5.74, 6) is -0.169. The standard InChI is InChI=1S/C15H13Br2NO2/c1-9(10-2-5-12(16)6-3-10)18-15(20)11-4-7-13(17)14(19)8-11/h2-9,19H,1H3,(H,18,20). The van der Waals surface area contributed by atoms with Gasteiger partial charge in [-0.1, -0.05) is 28.1 Å². The fourth-order valence-electron chi connectivity index (χ4n) is 1.77. The largest absolute Gasteiger partial charge is 0.507 e. The molecule has 2 aromatic carbocycles. The molecule has 0 saturated carbocycles. The second-order valence-electron chi connectivity index (χ2n) is 4.41. The molecule has 2 aromatic rings. The minimum Gasteiger partial charge on any atom is -0.507 e. The zero-order valence-corrected chi connectivity index (χ0v) is 13.9. The molecule has 0 bridgehead atoms. The third-order valence-electron chi connectivity index (χ3n) is 2.93. The summed E-state index contributed by atoms with van der Waals surface area (Å²) in [6.07, 6.45) is 0. The lowest BCUT2D eigenvalue weighted by molar-refractivity contribution is 0.0939. The third-order valence-corrected chi connectivity index (χ3v) is 4.13. The van der Waals surface area contributed by atoms with Crippen molar-refractivity contribution in [3.63, 3.8) is 0 Å². The second-order valence-corrected chi connectivity index (χ2v) is 6.18. The van der Waals surface area contributed by atoms with Crippen LogP contribution in [-0.2, 0) is 0 Å². The first-order valence-corrected chi connectivity index (χ1v) is 7.61. The third kappa shape index (κ3) is 3.61. The van der Waals surface area contributed by atoms with Crippen LogP contribution in [0.2, 0.25) is 0 Å². The van der Waals surface area contributed by atoms with Gasteiger partial charge in [-0.2, -0.15) is 0 Å². The van der Waals surface area contributed by atoms with Gasteiger partial charge in [0.1, 0.15) is 5.75 Å². The van der Waals surface area contributed by atoms with E-state index in [4.69, 9.17) is 0 Å². The molecule has 5 heteroatoms. The lowest BCUT2D eigenvalue weighted by atomic mass is 10.1. The zero-order valence-electron chi connectivity index (χ0n) is 10.7. The van der Waals surface area contributed by atoms with Crippen molar-refractivity contribution in [1.82, 2.24) is 5.32 Å². The molecule has 0 aliphatic heterocycles. The Labute approximate surface area is 134 Å². The van der Waals surface area contributed by atoms with Gasteiger partial charge in [-0.15, -0.1) is 0 Å². The van der Waals surface area contributed by atoms with Gasteiger partial charge in [0.05, 0.1) is 10.5 Å². The molecule has 2 rings (SSSR count). The molecule has 0 aliphatic rings. The molecule has 0 heterocycles. The Morgan fingerprint density at radius 1 is 1.15 bits per heavy atom. The van der Waals surface area contributed by atoms with Crippen molar-refractivity contribution in [1.29, 1.82) is 0 Å². The fraction of sp³-hybridized carbons (Fsp3) is 0.133. The first kappa shape index (κ1) is 15.1. The normalized spacial score (nSPS) is 11.9. The lowest BCUT2D eigenvalue weighted by Gasteiger charge is -2.14. The summed E-state index contributed by atoms with van der Waals surface area (Å²) in [5.41, 5.74) is 1.44. The molecule has 0 spiro atoms. The number of phenolic OH excluding ortho intramolecular Hbond substituents is 1. The number of halogens is 2. The maximum absolute atomic E-state index is 12.1. The Hall–Kier alpha value is -1.33. The van der Waals surface area contributed by atoms with Gasteiger partial charge < -0.3 is 10.4 Å². The summed E-state index contributed by atoms with van der Waals surface area (Å²) >= 11 is 6.56. The van der Waals surface area contributed by atoms with Crippen molar-refractivity contribution < 1.29 is 9.90 Å². The van der Waals surface area contributed by atoms with Gasteiger partial charge in [-0.25, -0.2) is 0 Å². The molecule has 1 atom stereocenters. The van der Waals surface area contributed by atoms with Gasteiger partial charge in [-0.05, 0) is 58.7 Å². The number of amides is 1. The number of benzene rings is 2. The van der Waals surface area contributed by atoms with Crippen LogP contribution >= 0.6 is 31.9 Å². The van der Waals surface area contributed by atoms with Crippen LogP contribution in [-0.4, -0.2) is 11.0 Å². The maximum atomic E-state index is 12.1. The van der Waals surface area contributed by atoms with Crippen LogP contribution in [0.1, 0.15) is 28.9 Å². The summed E-state index contributed by atoms with van der Waals surface area (Å²) in [7, 11) is 0. The zero-order chi connectivity index (χ0) is 14.7. The molecule has 0 aromatic heterocycles. The van der Waals surface area contributed by atoms with Crippen molar-refractivity contribution in [3.8, 4) is 5.75 Å². The highest BCUT2D eigenvalue weighted by Crippen LogP contribution is 2.24. The van der Waals surface area contributed by atoms with E-state index in [9.17, 15) is 9.90 Å². The Balaban J connectivity index is 2.10. The molecule has 2 N–H and O–H groups in total. The molecular weight excluding hydrogens is 386 g/mol. The SMILES string of the molecule is CC(NC(=O)c1ccc(Br)c(O)c1)c1ccc(Br)cc1. The molecule has 3 nitrogen and oxygen atoms in total. The number of phenols is 1. The number of carbonyl (C=O) groups is 1. The molecule has 0 saturated heterocycles. The van der Waals surface area contributed by atoms with E-state index in [1.807, 2.05) is 31.2 Å². The molecule has 0 aliphatic carbocycles. The first-order chi connectivity index (χ1) is 9.47. The van der Waals surface area contributed by atoms with Crippen LogP contribution in [0.3, 0.4) is 0 Å². The molecule has 0 radical (unpaired) electrons. The Kier molecular flexibility index (Phi) is 4.83. The molecule has 20 heavy (non-hydrogen) atoms. The highest BCUT2D eigenvalue weighted by molar-refractivity contribution is 9.10. The van der Waals surface area contributed by atoms with Gasteiger partial charge in [0.25, 0.3) is 5.91 Å². The number of nitrogens with one attached hydrogen (secondary N) is 1. The Morgan fingerprint density at radius 3 is 2.40 bits per heavy atom. The predicted octanol–water partition coefficient (Wildman–Crippen LogP) is 4.41. The van der Waals surface area contributed by atoms with Gasteiger partial charge in [-0.3, -0.25) is 4.79 Å². The van der Waals surface area contributed by atoms with Crippen molar-refractivity contribution in [2.75, 3.05) is 0 Å². The van der Waals surface area contributed by atoms with Crippen molar-refractivity contribution in [2.24, 2.45) is 0 Å². The fourth-order valence-corrected chi connectivity index (χ4v) is 2.28. The number of hydrogen-bond donors (Lipinski definition) is 2. The van der Waals surface area contributed by atoms with Gasteiger partial charge >= 0.3 is 0 Å². The topological polar surface area (TPSA) is 49.3 Å². The lowest BCUT2D eigenvalue weighted by Crippen LogP contribution is -2.26. The number of hydrogen-bond acceptors (Lipinski definition) is 2. The van der Waals surface area contributed by atoms with Gasteiger partial charge in [0, 0.05) is 10.0 Å². The first-order valence-electron chi connectivity index (χ1n) is 6.02. The molecular formula is C15H13Br2NO2. The van der Waals surface area contributed by atoms with Crippen molar-refractivity contribution in [2.45, 2.75) is 13.0 Å². The number of aromatic hydroxyl groups is 1. The van der Waals surface area contributed by atoms with E-state index in [1.165, 1.54) is 6.07 Å². The summed E-state index contributed by atoms with van der Waals surface area (Å²) in [6.45, 7) is 1.92. The monoisotopic (exact) mass is 397 g/mol. The van der Waals surface area contributed by atoms with Gasteiger partial charge in [0.15, 0.2) is 0 Å². The van der Waals surface area contributed by atoms with Crippen LogP contribution in [0.15, 0.2) is 51.4 Å². The van der Waals surface area contributed by atoms with E-state index >= 15 is 0 Å². The van der Waals surface area contributed by atoms with E-state index in [1.54, 1.807) is 12.1 Å². The minimum atomic E-state index is -0.219. The number of carbonyl (C=O) groups excluding carboxylic acids is 1. The number of rotatable bonds is 3. The highest BCUT2D eigenvalue weighted by Gasteiger charge is 2.12. The summed E-state index contributed by atoms with van der Waals surface area (Å²) in [5, 5.41) is 12.5. The van der Waals surface area contributed by atoms with Crippen LogP contribution in [0, 0.1) is 0 Å². The minimum absolute atomic E-state index is 0.0499. The van der Waals surface area contributed by atoms with Crippen LogP contribution in [0.5, 0.6) is 5.75 Å². The Bertz CT molecular complexity index is 626. The highest BCUT2D eigenvalue weighted by atomic mass is 79.9. The second kappa shape index (κ2) is 6.41. The van der Waals surface area contributed by atoms with E-state index in [2.05, 4.69) is 37.2 Å². The van der Waals surface area contributed by atoms with Crippen LogP contribution < -0.4 is 5.32 Å². The van der Waals surface area contributed by atoms with Crippen LogP contribution in [0.4, 0.5) is 0 Å². The molecule has 1 unspecified atom stereocenters. The molecule has 104 valence electrons. The van der Waals surface area contributed by atoms with E-state index < -0.39 is 0 Å². The Morgan fingerprint density at radius 2 is 1.80 bits per heavy atom. The van der Waals surface area contributed by atoms with Crippen LogP contribution in [0.25, 0.3) is 0 Å². The summed E-state index contributed by atoms with van der Waals surface area (Å²) < 4.78 is 1.56. The van der Waals surface area contributed by atoms with Crippen molar-refractivity contribution in [3.05, 3.63) is 62.5 Å². The van der Waals surface area contributed by atoms with E-state index in [0.717, 1.165) is 10.0 Å². The van der Waals surface area contributed by atoms with Gasteiger partial charge in [0.2, 0.25) is 0 Å². The van der Waals surface area contributed by atoms with E-state index in [0.29, 0.717) is 10.0 Å². The predicted molar refractivity (Wildman–Crippen MR) is 85.8 cm³/mol. The molecule has 0 fully saturated rings. The van der Waals surface area contributed by atoms with E-state index in [-0.39, 0.29) is 17.7 Å². The average molecular weight is 399 g/mol. The summed E-state index contributed by atoms with van der Waals surface area (Å²) in [6, 6.07) is 12.4. The average Bonchev–Trinajstić information content (AvgIpc) is 2.42. The maximum Gasteiger partial charge on any atom is 0.251 e. The summed E-state index contributed by atoms with van der Waals surface area (Å²) in [4.78, 5) is 12.1. The van der Waals surface area contributed by atoms with Crippen molar-refractivity contribution >= 4 is 37.8 Å².